The van der Waals surface area contributed by atoms with Crippen LogP contribution in [0.5, 0.6) is 0 Å². The van der Waals surface area contributed by atoms with Gasteiger partial charge in [-0.15, -0.1) is 12.4 Å². The zero-order chi connectivity index (χ0) is 8.97. The molecule has 1 aromatic rings. The molecule has 0 saturated heterocycles. The number of benzene rings is 1. The first-order valence-corrected chi connectivity index (χ1v) is 3.96. The normalized spacial score (nSPS) is 11.5. The molecule has 0 aliphatic heterocycles. The predicted molar refractivity (Wildman–Crippen MR) is 59.8 cm³/mol. The maximum atomic E-state index is 5.73. The number of hydrogen-bond donors (Lipinski definition) is 2. The van der Waals surface area contributed by atoms with Crippen molar-refractivity contribution in [2.45, 2.75) is 6.04 Å². The fraction of sp³-hybridized carbons (Fsp3) is 0.200. The number of hydrogen-bond acceptors (Lipinski definition) is 2. The van der Waals surface area contributed by atoms with E-state index in [1.807, 2.05) is 24.3 Å². The van der Waals surface area contributed by atoms with Crippen molar-refractivity contribution in [2.75, 3.05) is 6.54 Å². The summed E-state index contributed by atoms with van der Waals surface area (Å²) in [4.78, 5) is 0. The van der Waals surface area contributed by atoms with Crippen LogP contribution in [0.4, 0.5) is 0 Å². The monoisotopic (exact) mass is 198 g/mol. The summed E-state index contributed by atoms with van der Waals surface area (Å²) in [5, 5.41) is 0. The summed E-state index contributed by atoms with van der Waals surface area (Å²) >= 11 is 0. The van der Waals surface area contributed by atoms with Gasteiger partial charge in [-0.25, -0.2) is 0 Å². The Morgan fingerprint density at radius 3 is 2.23 bits per heavy atom. The molecule has 0 saturated carbocycles. The second-order valence-electron chi connectivity index (χ2n) is 2.71. The lowest BCUT2D eigenvalue weighted by molar-refractivity contribution is 0.737. The molecule has 0 bridgehead atoms. The summed E-state index contributed by atoms with van der Waals surface area (Å²) in [6.07, 6.45) is 1.80. The minimum atomic E-state index is -0.0520. The maximum absolute atomic E-state index is 5.73. The molecule has 1 rings (SSSR count). The van der Waals surface area contributed by atoms with Crippen LogP contribution >= 0.6 is 12.4 Å². The molecule has 0 fully saturated rings. The number of halogens is 1. The molecule has 13 heavy (non-hydrogen) atoms. The first-order chi connectivity index (χ1) is 5.77. The van der Waals surface area contributed by atoms with Crippen molar-refractivity contribution in [3.05, 3.63) is 42.0 Å². The van der Waals surface area contributed by atoms with Crippen LogP contribution in [0.15, 0.2) is 30.8 Å². The quantitative estimate of drug-likeness (QED) is 0.777. The van der Waals surface area contributed by atoms with Gasteiger partial charge in [0.15, 0.2) is 0 Å². The Balaban J connectivity index is 0.00000144. The highest BCUT2D eigenvalue weighted by Crippen LogP contribution is 2.10. The molecule has 72 valence electrons. The van der Waals surface area contributed by atoms with E-state index in [9.17, 15) is 0 Å². The van der Waals surface area contributed by atoms with Crippen molar-refractivity contribution in [1.29, 1.82) is 0 Å². The molecule has 1 atom stereocenters. The van der Waals surface area contributed by atoms with Crippen LogP contribution in [0.3, 0.4) is 0 Å². The third-order valence-electron chi connectivity index (χ3n) is 1.85. The molecule has 4 N–H and O–H groups in total. The molecule has 0 spiro atoms. The summed E-state index contributed by atoms with van der Waals surface area (Å²) in [7, 11) is 0. The summed E-state index contributed by atoms with van der Waals surface area (Å²) in [6.45, 7) is 4.15. The van der Waals surface area contributed by atoms with E-state index < -0.39 is 0 Å². The molecule has 1 aromatic carbocycles. The molecular weight excluding hydrogens is 184 g/mol. The smallest absolute Gasteiger partial charge is 0.0419 e. The molecule has 0 heterocycles. The molecule has 0 amide bonds. The van der Waals surface area contributed by atoms with Crippen LogP contribution in [0.25, 0.3) is 6.08 Å². The van der Waals surface area contributed by atoms with Crippen LogP contribution in [0.2, 0.25) is 0 Å². The Morgan fingerprint density at radius 2 is 1.85 bits per heavy atom. The Kier molecular flexibility index (Phi) is 5.39. The summed E-state index contributed by atoms with van der Waals surface area (Å²) in [5.41, 5.74) is 13.3. The third kappa shape index (κ3) is 3.19. The maximum Gasteiger partial charge on any atom is 0.0419 e. The first kappa shape index (κ1) is 12.2. The zero-order valence-electron chi connectivity index (χ0n) is 7.44. The molecule has 3 heteroatoms. The van der Waals surface area contributed by atoms with Crippen LogP contribution in [-0.4, -0.2) is 6.54 Å². The van der Waals surface area contributed by atoms with E-state index in [0.717, 1.165) is 11.1 Å². The topological polar surface area (TPSA) is 52.0 Å². The van der Waals surface area contributed by atoms with Gasteiger partial charge in [0.05, 0.1) is 0 Å². The van der Waals surface area contributed by atoms with Crippen LogP contribution in [0, 0.1) is 0 Å². The average molecular weight is 199 g/mol. The van der Waals surface area contributed by atoms with Gasteiger partial charge in [-0.3, -0.25) is 0 Å². The third-order valence-corrected chi connectivity index (χ3v) is 1.85. The minimum absolute atomic E-state index is 0. The van der Waals surface area contributed by atoms with E-state index in [1.165, 1.54) is 0 Å². The van der Waals surface area contributed by atoms with Gasteiger partial charge in [-0.05, 0) is 11.1 Å². The van der Waals surface area contributed by atoms with E-state index in [-0.39, 0.29) is 18.4 Å². The summed E-state index contributed by atoms with van der Waals surface area (Å²) in [5.74, 6) is 0. The lowest BCUT2D eigenvalue weighted by atomic mass is 10.1. The zero-order valence-corrected chi connectivity index (χ0v) is 8.26. The molecule has 0 aliphatic rings. The van der Waals surface area contributed by atoms with Gasteiger partial charge in [0.1, 0.15) is 0 Å². The van der Waals surface area contributed by atoms with Crippen molar-refractivity contribution in [3.8, 4) is 0 Å². The minimum Gasteiger partial charge on any atom is -0.329 e. The van der Waals surface area contributed by atoms with Gasteiger partial charge in [-0.2, -0.15) is 0 Å². The second kappa shape index (κ2) is 5.75. The molecule has 1 unspecified atom stereocenters. The second-order valence-corrected chi connectivity index (χ2v) is 2.71. The Hall–Kier alpha value is -0.830. The van der Waals surface area contributed by atoms with Gasteiger partial charge >= 0.3 is 0 Å². The van der Waals surface area contributed by atoms with Crippen LogP contribution in [-0.2, 0) is 0 Å². The van der Waals surface area contributed by atoms with Gasteiger partial charge in [0.2, 0.25) is 0 Å². The van der Waals surface area contributed by atoms with Crippen molar-refractivity contribution >= 4 is 18.5 Å². The molecule has 2 nitrogen and oxygen atoms in total. The SMILES string of the molecule is C=Cc1ccc(C(N)CN)cc1.Cl. The van der Waals surface area contributed by atoms with Crippen LogP contribution in [0.1, 0.15) is 17.2 Å². The summed E-state index contributed by atoms with van der Waals surface area (Å²) in [6, 6.07) is 7.88. The van der Waals surface area contributed by atoms with E-state index in [4.69, 9.17) is 11.5 Å². The lowest BCUT2D eigenvalue weighted by Crippen LogP contribution is -2.20. The predicted octanol–water partition coefficient (Wildman–Crippen LogP) is 1.71. The van der Waals surface area contributed by atoms with Crippen molar-refractivity contribution in [2.24, 2.45) is 11.5 Å². The van der Waals surface area contributed by atoms with E-state index in [1.54, 1.807) is 6.08 Å². The van der Waals surface area contributed by atoms with E-state index >= 15 is 0 Å². The van der Waals surface area contributed by atoms with Crippen LogP contribution < -0.4 is 11.5 Å². The molecule has 0 radical (unpaired) electrons. The van der Waals surface area contributed by atoms with Gasteiger partial charge in [-0.1, -0.05) is 36.9 Å². The van der Waals surface area contributed by atoms with Crippen molar-refractivity contribution in [1.82, 2.24) is 0 Å². The van der Waals surface area contributed by atoms with E-state index in [2.05, 4.69) is 6.58 Å². The molecular formula is C10H15ClN2. The Morgan fingerprint density at radius 1 is 1.31 bits per heavy atom. The van der Waals surface area contributed by atoms with Gasteiger partial charge in [0, 0.05) is 12.6 Å². The molecule has 0 aromatic heterocycles. The van der Waals surface area contributed by atoms with E-state index in [0.29, 0.717) is 6.54 Å². The standard InChI is InChI=1S/C10H14N2.ClH/c1-2-8-3-5-9(6-4-8)10(12)7-11;/h2-6,10H,1,7,11-12H2;1H. The summed E-state index contributed by atoms with van der Waals surface area (Å²) < 4.78 is 0. The average Bonchev–Trinajstić information content (AvgIpc) is 2.17. The fourth-order valence-electron chi connectivity index (χ4n) is 1.02. The van der Waals surface area contributed by atoms with Crippen molar-refractivity contribution < 1.29 is 0 Å². The highest BCUT2D eigenvalue weighted by molar-refractivity contribution is 5.85. The number of rotatable bonds is 3. The Bertz CT molecular complexity index is 256. The Labute approximate surface area is 85.0 Å². The molecule has 0 aliphatic carbocycles. The highest BCUT2D eigenvalue weighted by atomic mass is 35.5. The number of nitrogens with two attached hydrogens (primary N) is 2. The van der Waals surface area contributed by atoms with Gasteiger partial charge in [0.25, 0.3) is 0 Å². The first-order valence-electron chi connectivity index (χ1n) is 3.96. The highest BCUT2D eigenvalue weighted by Gasteiger charge is 2.01. The van der Waals surface area contributed by atoms with Crippen molar-refractivity contribution in [3.63, 3.8) is 0 Å². The lowest BCUT2D eigenvalue weighted by Gasteiger charge is -2.08. The fourth-order valence-corrected chi connectivity index (χ4v) is 1.02. The largest absolute Gasteiger partial charge is 0.329 e. The van der Waals surface area contributed by atoms with Gasteiger partial charge < -0.3 is 11.5 Å².